The van der Waals surface area contributed by atoms with Gasteiger partial charge in [-0.05, 0) is 31.1 Å². The van der Waals surface area contributed by atoms with Gasteiger partial charge in [0.15, 0.2) is 0 Å². The van der Waals surface area contributed by atoms with Crippen molar-refractivity contribution in [2.24, 2.45) is 17.3 Å². The SMILES string of the molecule is O=C1OCCC12CC1CC2C(I)C1I. The Kier molecular flexibility index (Phi) is 2.32. The van der Waals surface area contributed by atoms with E-state index in [1.807, 2.05) is 0 Å². The van der Waals surface area contributed by atoms with Gasteiger partial charge in [-0.15, -0.1) is 0 Å². The summed E-state index contributed by atoms with van der Waals surface area (Å²) in [5.74, 6) is 1.48. The molecule has 0 aromatic heterocycles. The van der Waals surface area contributed by atoms with Gasteiger partial charge in [-0.1, -0.05) is 45.2 Å². The van der Waals surface area contributed by atoms with E-state index < -0.39 is 0 Å². The predicted octanol–water partition coefficient (Wildman–Crippen LogP) is 2.57. The van der Waals surface area contributed by atoms with Crippen molar-refractivity contribution < 1.29 is 9.53 Å². The molecule has 1 saturated heterocycles. The van der Waals surface area contributed by atoms with E-state index >= 15 is 0 Å². The molecule has 14 heavy (non-hydrogen) atoms. The topological polar surface area (TPSA) is 26.3 Å². The van der Waals surface area contributed by atoms with Gasteiger partial charge in [-0.2, -0.15) is 0 Å². The van der Waals surface area contributed by atoms with Crippen molar-refractivity contribution >= 4 is 51.2 Å². The van der Waals surface area contributed by atoms with Crippen molar-refractivity contribution in [2.75, 3.05) is 6.61 Å². The summed E-state index contributed by atoms with van der Waals surface area (Å²) in [6.07, 6.45) is 3.34. The zero-order chi connectivity index (χ0) is 9.92. The van der Waals surface area contributed by atoms with Crippen LogP contribution in [0.15, 0.2) is 0 Å². The molecule has 4 heteroatoms. The first-order valence-corrected chi connectivity index (χ1v) is 7.60. The van der Waals surface area contributed by atoms with E-state index in [0.29, 0.717) is 16.4 Å². The number of fused-ring (bicyclic) bond motifs is 3. The average Bonchev–Trinajstić information content (AvgIpc) is 2.77. The molecule has 0 aromatic rings. The Labute approximate surface area is 111 Å². The predicted molar refractivity (Wildman–Crippen MR) is 69.8 cm³/mol. The van der Waals surface area contributed by atoms with E-state index in [4.69, 9.17) is 4.74 Å². The van der Waals surface area contributed by atoms with Gasteiger partial charge >= 0.3 is 5.97 Å². The van der Waals surface area contributed by atoms with Gasteiger partial charge in [0, 0.05) is 7.85 Å². The molecule has 2 bridgehead atoms. The quantitative estimate of drug-likeness (QED) is 0.344. The largest absolute Gasteiger partial charge is 0.465 e. The Morgan fingerprint density at radius 2 is 2.14 bits per heavy atom. The van der Waals surface area contributed by atoms with E-state index in [9.17, 15) is 4.79 Å². The lowest BCUT2D eigenvalue weighted by Gasteiger charge is -2.35. The molecule has 3 aliphatic rings. The van der Waals surface area contributed by atoms with Crippen molar-refractivity contribution in [3.05, 3.63) is 0 Å². The number of rotatable bonds is 0. The normalized spacial score (nSPS) is 55.7. The maximum Gasteiger partial charge on any atom is 0.312 e. The fourth-order valence-corrected chi connectivity index (χ4v) is 6.13. The molecule has 1 spiro atoms. The molecule has 5 atom stereocenters. The fraction of sp³-hybridized carbons (Fsp3) is 0.900. The summed E-state index contributed by atoms with van der Waals surface area (Å²) >= 11 is 5.11. The van der Waals surface area contributed by atoms with Crippen LogP contribution in [0.3, 0.4) is 0 Å². The number of carbonyl (C=O) groups excluding carboxylic acids is 1. The second kappa shape index (κ2) is 3.21. The highest BCUT2D eigenvalue weighted by atomic mass is 127. The summed E-state index contributed by atoms with van der Waals surface area (Å²) in [6, 6.07) is 0. The molecular formula is C10H12I2O2. The van der Waals surface area contributed by atoms with Crippen LogP contribution in [0.1, 0.15) is 19.3 Å². The Balaban J connectivity index is 1.96. The minimum absolute atomic E-state index is 0.0573. The zero-order valence-corrected chi connectivity index (χ0v) is 12.0. The highest BCUT2D eigenvalue weighted by molar-refractivity contribution is 14.1. The molecule has 0 radical (unpaired) electrons. The van der Waals surface area contributed by atoms with Gasteiger partial charge < -0.3 is 4.74 Å². The first-order valence-electron chi connectivity index (χ1n) is 5.10. The van der Waals surface area contributed by atoms with E-state index in [-0.39, 0.29) is 11.4 Å². The molecule has 0 N–H and O–H groups in total. The number of ether oxygens (including phenoxy) is 1. The van der Waals surface area contributed by atoms with Crippen molar-refractivity contribution in [1.82, 2.24) is 0 Å². The Morgan fingerprint density at radius 1 is 1.36 bits per heavy atom. The van der Waals surface area contributed by atoms with Crippen LogP contribution >= 0.6 is 45.2 Å². The van der Waals surface area contributed by atoms with Crippen molar-refractivity contribution in [2.45, 2.75) is 27.1 Å². The molecule has 3 fully saturated rings. The van der Waals surface area contributed by atoms with Crippen molar-refractivity contribution in [3.8, 4) is 0 Å². The molecule has 3 rings (SSSR count). The highest BCUT2D eigenvalue weighted by Crippen LogP contribution is 2.63. The highest BCUT2D eigenvalue weighted by Gasteiger charge is 2.64. The Hall–Kier alpha value is 0.930. The van der Waals surface area contributed by atoms with Crippen LogP contribution in [-0.4, -0.2) is 20.4 Å². The third-order valence-electron chi connectivity index (χ3n) is 4.22. The summed E-state index contributed by atoms with van der Waals surface area (Å²) in [6.45, 7) is 0.664. The maximum atomic E-state index is 11.8. The number of alkyl halides is 2. The summed E-state index contributed by atoms with van der Waals surface area (Å²) in [5, 5.41) is 0. The molecule has 1 heterocycles. The lowest BCUT2D eigenvalue weighted by Crippen LogP contribution is -2.41. The third-order valence-corrected chi connectivity index (χ3v) is 9.03. The van der Waals surface area contributed by atoms with Gasteiger partial charge in [0.1, 0.15) is 0 Å². The second-order valence-electron chi connectivity index (χ2n) is 4.74. The van der Waals surface area contributed by atoms with Crippen LogP contribution in [0.25, 0.3) is 0 Å². The van der Waals surface area contributed by atoms with E-state index in [1.54, 1.807) is 0 Å². The standard InChI is InChI=1S/C10H12I2O2/c11-7-5-3-6(8(7)12)10(4-5)1-2-14-9(10)13/h5-8H,1-4H2. The van der Waals surface area contributed by atoms with E-state index in [1.165, 1.54) is 6.42 Å². The zero-order valence-electron chi connectivity index (χ0n) is 7.71. The molecule has 78 valence electrons. The van der Waals surface area contributed by atoms with Gasteiger partial charge in [-0.3, -0.25) is 4.79 Å². The number of hydrogen-bond acceptors (Lipinski definition) is 2. The molecule has 2 aliphatic carbocycles. The third kappa shape index (κ3) is 1.10. The van der Waals surface area contributed by atoms with E-state index in [0.717, 1.165) is 22.7 Å². The monoisotopic (exact) mass is 418 g/mol. The fourth-order valence-electron chi connectivity index (χ4n) is 3.51. The van der Waals surface area contributed by atoms with E-state index in [2.05, 4.69) is 45.2 Å². The summed E-state index contributed by atoms with van der Waals surface area (Å²) in [5.41, 5.74) is -0.0573. The van der Waals surface area contributed by atoms with Gasteiger partial charge in [-0.25, -0.2) is 0 Å². The smallest absolute Gasteiger partial charge is 0.312 e. The first kappa shape index (κ1) is 10.1. The molecule has 0 aromatic carbocycles. The molecule has 2 saturated carbocycles. The van der Waals surface area contributed by atoms with Crippen molar-refractivity contribution in [1.29, 1.82) is 0 Å². The minimum Gasteiger partial charge on any atom is -0.465 e. The average molecular weight is 418 g/mol. The van der Waals surface area contributed by atoms with Crippen LogP contribution in [0.5, 0.6) is 0 Å². The lowest BCUT2D eigenvalue weighted by molar-refractivity contribution is -0.148. The van der Waals surface area contributed by atoms with Crippen LogP contribution < -0.4 is 0 Å². The first-order chi connectivity index (χ1) is 6.65. The number of cyclic esters (lactones) is 1. The van der Waals surface area contributed by atoms with Crippen molar-refractivity contribution in [3.63, 3.8) is 0 Å². The lowest BCUT2D eigenvalue weighted by atomic mass is 9.72. The number of carbonyl (C=O) groups is 1. The molecule has 1 aliphatic heterocycles. The maximum absolute atomic E-state index is 11.8. The van der Waals surface area contributed by atoms with Crippen LogP contribution in [0, 0.1) is 17.3 Å². The van der Waals surface area contributed by atoms with Gasteiger partial charge in [0.2, 0.25) is 0 Å². The Morgan fingerprint density at radius 3 is 2.64 bits per heavy atom. The van der Waals surface area contributed by atoms with Gasteiger partial charge in [0.25, 0.3) is 0 Å². The number of hydrogen-bond donors (Lipinski definition) is 0. The molecular weight excluding hydrogens is 406 g/mol. The molecule has 5 unspecified atom stereocenters. The van der Waals surface area contributed by atoms with Crippen LogP contribution in [-0.2, 0) is 9.53 Å². The van der Waals surface area contributed by atoms with Gasteiger partial charge in [0.05, 0.1) is 12.0 Å². The minimum atomic E-state index is -0.0573. The Bertz CT molecular complexity index is 292. The summed E-state index contributed by atoms with van der Waals surface area (Å²) < 4.78 is 6.64. The molecule has 0 amide bonds. The summed E-state index contributed by atoms with van der Waals surface area (Å²) in [7, 11) is 0. The number of halogens is 2. The number of esters is 1. The molecule has 2 nitrogen and oxygen atoms in total. The van der Waals surface area contributed by atoms with Crippen LogP contribution in [0.2, 0.25) is 0 Å². The van der Waals surface area contributed by atoms with Crippen LogP contribution in [0.4, 0.5) is 0 Å². The summed E-state index contributed by atoms with van der Waals surface area (Å²) in [4.78, 5) is 11.8. The second-order valence-corrected chi connectivity index (χ2v) is 7.61.